The van der Waals surface area contributed by atoms with Crippen molar-refractivity contribution in [1.82, 2.24) is 5.32 Å². The molecule has 4 nitrogen and oxygen atoms in total. The fourth-order valence-corrected chi connectivity index (χ4v) is 3.35. The van der Waals surface area contributed by atoms with Gasteiger partial charge in [0.15, 0.2) is 0 Å². The molecule has 0 bridgehead atoms. The Hall–Kier alpha value is -3.66. The van der Waals surface area contributed by atoms with Crippen molar-refractivity contribution >= 4 is 17.4 Å². The molecule has 0 saturated carbocycles. The highest BCUT2D eigenvalue weighted by Gasteiger charge is 2.21. The van der Waals surface area contributed by atoms with Crippen LogP contribution in [0.15, 0.2) is 78.9 Å². The van der Waals surface area contributed by atoms with Crippen molar-refractivity contribution in [2.45, 2.75) is 6.42 Å². The molecule has 0 radical (unpaired) electrons. The zero-order valence-electron chi connectivity index (χ0n) is 14.5. The molecule has 2 aliphatic rings. The first-order valence-electron chi connectivity index (χ1n) is 8.64. The van der Waals surface area contributed by atoms with Crippen LogP contribution >= 0.6 is 0 Å². The van der Waals surface area contributed by atoms with E-state index in [-0.39, 0.29) is 5.75 Å². The van der Waals surface area contributed by atoms with Crippen LogP contribution < -0.4 is 5.32 Å². The van der Waals surface area contributed by atoms with E-state index in [0.29, 0.717) is 11.1 Å². The molecular weight excluding hydrogens is 338 g/mol. The van der Waals surface area contributed by atoms with Gasteiger partial charge in [0, 0.05) is 6.08 Å². The predicted molar refractivity (Wildman–Crippen MR) is 104 cm³/mol. The third-order valence-corrected chi connectivity index (χ3v) is 4.64. The molecule has 27 heavy (non-hydrogen) atoms. The van der Waals surface area contributed by atoms with Gasteiger partial charge in [-0.25, -0.2) is 0 Å². The standard InChI is InChI=1S/C13H10.C10H7NO3/c1-3-7-12-10(5-1)9-11-6-2-4-8-13(11)12;12-7-3-1-6(2-4-7)8-5-9(13)11-10(8)14/h1-8H,9H2;1-5,12H,(H,11,13,14). The summed E-state index contributed by atoms with van der Waals surface area (Å²) >= 11 is 0. The summed E-state index contributed by atoms with van der Waals surface area (Å²) in [5, 5.41) is 11.2. The van der Waals surface area contributed by atoms with E-state index in [9.17, 15) is 9.59 Å². The van der Waals surface area contributed by atoms with Crippen molar-refractivity contribution in [2.24, 2.45) is 0 Å². The third kappa shape index (κ3) is 3.37. The first-order valence-corrected chi connectivity index (χ1v) is 8.64. The number of hydrogen-bond donors (Lipinski definition) is 2. The summed E-state index contributed by atoms with van der Waals surface area (Å²) in [5.41, 5.74) is 6.70. The van der Waals surface area contributed by atoms with E-state index < -0.39 is 11.8 Å². The SMILES string of the molecule is O=C1C=C(c2ccc(O)cc2)C(=O)N1.c1ccc2c(c1)Cc1ccccc1-2. The van der Waals surface area contributed by atoms with Gasteiger partial charge in [-0.1, -0.05) is 60.7 Å². The number of imide groups is 1. The number of amides is 2. The van der Waals surface area contributed by atoms with Crippen LogP contribution in [-0.4, -0.2) is 16.9 Å². The van der Waals surface area contributed by atoms with E-state index in [0.717, 1.165) is 6.42 Å². The summed E-state index contributed by atoms with van der Waals surface area (Å²) in [6, 6.07) is 23.4. The molecule has 3 aromatic carbocycles. The van der Waals surface area contributed by atoms with Crippen LogP contribution in [0.1, 0.15) is 16.7 Å². The fourth-order valence-electron chi connectivity index (χ4n) is 3.35. The summed E-state index contributed by atoms with van der Waals surface area (Å²) in [7, 11) is 0. The molecule has 132 valence electrons. The molecule has 1 heterocycles. The highest BCUT2D eigenvalue weighted by atomic mass is 16.3. The molecule has 0 fully saturated rings. The lowest BCUT2D eigenvalue weighted by Crippen LogP contribution is -2.21. The number of hydrogen-bond acceptors (Lipinski definition) is 3. The average Bonchev–Trinajstić information content (AvgIpc) is 3.22. The van der Waals surface area contributed by atoms with Crippen molar-refractivity contribution < 1.29 is 14.7 Å². The fraction of sp³-hybridized carbons (Fsp3) is 0.0435. The zero-order valence-corrected chi connectivity index (χ0v) is 14.5. The number of carbonyl (C=O) groups is 2. The van der Waals surface area contributed by atoms with Crippen LogP contribution in [0, 0.1) is 0 Å². The van der Waals surface area contributed by atoms with Crippen LogP contribution in [0.3, 0.4) is 0 Å². The van der Waals surface area contributed by atoms with Gasteiger partial charge >= 0.3 is 0 Å². The number of nitrogens with one attached hydrogen (secondary N) is 1. The molecule has 1 aliphatic heterocycles. The highest BCUT2D eigenvalue weighted by Crippen LogP contribution is 2.35. The molecule has 2 N–H and O–H groups in total. The van der Waals surface area contributed by atoms with E-state index in [1.807, 2.05) is 0 Å². The topological polar surface area (TPSA) is 66.4 Å². The summed E-state index contributed by atoms with van der Waals surface area (Å²) in [4.78, 5) is 22.1. The first-order chi connectivity index (χ1) is 13.1. The van der Waals surface area contributed by atoms with E-state index in [1.54, 1.807) is 12.1 Å². The molecular formula is C23H17NO3. The van der Waals surface area contributed by atoms with Crippen LogP contribution in [-0.2, 0) is 16.0 Å². The van der Waals surface area contributed by atoms with Gasteiger partial charge in [0.05, 0.1) is 5.57 Å². The first kappa shape index (κ1) is 16.8. The van der Waals surface area contributed by atoms with Crippen molar-refractivity contribution in [3.63, 3.8) is 0 Å². The zero-order chi connectivity index (χ0) is 18.8. The Kier molecular flexibility index (Phi) is 4.30. The van der Waals surface area contributed by atoms with Crippen molar-refractivity contribution in [2.75, 3.05) is 0 Å². The van der Waals surface area contributed by atoms with Crippen molar-refractivity contribution in [3.05, 3.63) is 95.6 Å². The van der Waals surface area contributed by atoms with Gasteiger partial charge in [-0.05, 0) is 46.4 Å². The van der Waals surface area contributed by atoms with Crippen LogP contribution in [0.5, 0.6) is 5.75 Å². The lowest BCUT2D eigenvalue weighted by Gasteiger charge is -1.99. The van der Waals surface area contributed by atoms with Gasteiger partial charge in [-0.2, -0.15) is 0 Å². The minimum absolute atomic E-state index is 0.124. The van der Waals surface area contributed by atoms with E-state index in [4.69, 9.17) is 5.11 Å². The number of fused-ring (bicyclic) bond motifs is 3. The second kappa shape index (κ2) is 6.92. The maximum Gasteiger partial charge on any atom is 0.258 e. The molecule has 0 unspecified atom stereocenters. The molecule has 0 atom stereocenters. The molecule has 0 saturated heterocycles. The summed E-state index contributed by atoms with van der Waals surface area (Å²) in [5.74, 6) is -0.683. The quantitative estimate of drug-likeness (QED) is 0.512. The Morgan fingerprint density at radius 2 is 1.30 bits per heavy atom. The highest BCUT2D eigenvalue weighted by molar-refractivity contribution is 6.33. The minimum atomic E-state index is -0.405. The van der Waals surface area contributed by atoms with Gasteiger partial charge in [-0.15, -0.1) is 0 Å². The number of benzene rings is 3. The lowest BCUT2D eigenvalue weighted by molar-refractivity contribution is -0.123. The molecule has 0 spiro atoms. The Morgan fingerprint density at radius 1 is 0.741 bits per heavy atom. The third-order valence-electron chi connectivity index (χ3n) is 4.64. The maximum atomic E-state index is 11.2. The normalized spacial score (nSPS) is 13.9. The van der Waals surface area contributed by atoms with E-state index in [1.165, 1.54) is 40.5 Å². The number of aromatic hydroxyl groups is 1. The molecule has 5 rings (SSSR count). The average molecular weight is 355 g/mol. The van der Waals surface area contributed by atoms with E-state index in [2.05, 4.69) is 53.8 Å². The Balaban J connectivity index is 0.000000134. The number of rotatable bonds is 1. The summed E-state index contributed by atoms with van der Waals surface area (Å²) < 4.78 is 0. The van der Waals surface area contributed by atoms with Crippen LogP contribution in [0.25, 0.3) is 16.7 Å². The molecule has 3 aromatic rings. The Labute approximate surface area is 156 Å². The monoisotopic (exact) mass is 355 g/mol. The van der Waals surface area contributed by atoms with Gasteiger partial charge < -0.3 is 5.11 Å². The minimum Gasteiger partial charge on any atom is -0.508 e. The number of phenols is 1. The second-order valence-corrected chi connectivity index (χ2v) is 6.41. The maximum absolute atomic E-state index is 11.2. The van der Waals surface area contributed by atoms with Gasteiger partial charge in [0.25, 0.3) is 11.8 Å². The van der Waals surface area contributed by atoms with Crippen LogP contribution in [0.4, 0.5) is 0 Å². The van der Waals surface area contributed by atoms with Gasteiger partial charge in [0.2, 0.25) is 0 Å². The molecule has 0 aromatic heterocycles. The Morgan fingerprint density at radius 3 is 1.81 bits per heavy atom. The van der Waals surface area contributed by atoms with Gasteiger partial charge in [0.1, 0.15) is 5.75 Å². The molecule has 2 amide bonds. The van der Waals surface area contributed by atoms with E-state index >= 15 is 0 Å². The molecule has 4 heteroatoms. The van der Waals surface area contributed by atoms with Crippen LogP contribution in [0.2, 0.25) is 0 Å². The largest absolute Gasteiger partial charge is 0.508 e. The Bertz CT molecular complexity index is 1020. The van der Waals surface area contributed by atoms with Crippen molar-refractivity contribution in [3.8, 4) is 16.9 Å². The second-order valence-electron chi connectivity index (χ2n) is 6.41. The van der Waals surface area contributed by atoms with Crippen molar-refractivity contribution in [1.29, 1.82) is 0 Å². The number of phenolic OH excluding ortho intramolecular Hbond substituents is 1. The predicted octanol–water partition coefficient (Wildman–Crippen LogP) is 3.69. The summed E-state index contributed by atoms with van der Waals surface area (Å²) in [6.07, 6.45) is 2.35. The lowest BCUT2D eigenvalue weighted by atomic mass is 10.1. The molecule has 1 aliphatic carbocycles. The van der Waals surface area contributed by atoms with Gasteiger partial charge in [-0.3, -0.25) is 14.9 Å². The number of carbonyl (C=O) groups excluding carboxylic acids is 2. The smallest absolute Gasteiger partial charge is 0.258 e. The summed E-state index contributed by atoms with van der Waals surface area (Å²) in [6.45, 7) is 0.